The second kappa shape index (κ2) is 6.36. The molecule has 1 aliphatic carbocycles. The molecule has 0 heterocycles. The molecule has 0 aliphatic heterocycles. The minimum absolute atomic E-state index is 0.236. The topological polar surface area (TPSA) is 52.6 Å². The Bertz CT molecular complexity index is 434. The van der Waals surface area contributed by atoms with Crippen LogP contribution in [0.25, 0.3) is 0 Å². The predicted octanol–water partition coefficient (Wildman–Crippen LogP) is 2.75. The van der Waals surface area contributed by atoms with Crippen molar-refractivity contribution in [1.82, 2.24) is 0 Å². The number of ether oxygens (including phenoxy) is 2. The molecule has 0 aromatic heterocycles. The Kier molecular flexibility index (Phi) is 4.55. The van der Waals surface area contributed by atoms with Gasteiger partial charge in [0.25, 0.3) is 0 Å². The highest BCUT2D eigenvalue weighted by Gasteiger charge is 2.32. The summed E-state index contributed by atoms with van der Waals surface area (Å²) in [6.07, 6.45) is 3.78. The van der Waals surface area contributed by atoms with Crippen molar-refractivity contribution in [2.45, 2.75) is 38.7 Å². The summed E-state index contributed by atoms with van der Waals surface area (Å²) >= 11 is 0. The number of carbonyl (C=O) groups is 2. The van der Waals surface area contributed by atoms with Gasteiger partial charge in [-0.15, -0.1) is 0 Å². The Balaban J connectivity index is 1.90. The van der Waals surface area contributed by atoms with Gasteiger partial charge in [0.15, 0.2) is 12.4 Å². The Hall–Kier alpha value is -1.84. The second-order valence-corrected chi connectivity index (χ2v) is 4.75. The van der Waals surface area contributed by atoms with Crippen molar-refractivity contribution in [2.24, 2.45) is 5.92 Å². The summed E-state index contributed by atoms with van der Waals surface area (Å²) in [6.45, 7) is 1.93. The summed E-state index contributed by atoms with van der Waals surface area (Å²) in [4.78, 5) is 22.2. The van der Waals surface area contributed by atoms with E-state index in [1.807, 2.05) is 6.92 Å². The van der Waals surface area contributed by atoms with E-state index in [9.17, 15) is 9.59 Å². The first-order valence-corrected chi connectivity index (χ1v) is 6.65. The van der Waals surface area contributed by atoms with Gasteiger partial charge >= 0.3 is 5.97 Å². The number of hydrogen-bond donors (Lipinski definition) is 0. The van der Waals surface area contributed by atoms with Gasteiger partial charge in [0, 0.05) is 12.3 Å². The van der Waals surface area contributed by atoms with E-state index in [1.54, 1.807) is 24.3 Å². The molecule has 0 saturated heterocycles. The molecule has 0 amide bonds. The number of hydrogen-bond acceptors (Lipinski definition) is 4. The van der Waals surface area contributed by atoms with Crippen molar-refractivity contribution in [1.29, 1.82) is 0 Å². The first kappa shape index (κ1) is 13.6. The zero-order valence-electron chi connectivity index (χ0n) is 11.0. The minimum atomic E-state index is -0.353. The fraction of sp³-hybridized carbons (Fsp3) is 0.467. The van der Waals surface area contributed by atoms with Crippen LogP contribution in [-0.4, -0.2) is 18.4 Å². The van der Waals surface area contributed by atoms with E-state index in [4.69, 9.17) is 9.47 Å². The standard InChI is InChI=1S/C15H18O4/c1-2-3-15(17)19-13-8-6-12(7-9-13)18-14(10-16)11-4-5-11/h6-11,14H,2-5H2,1H3. The average molecular weight is 262 g/mol. The van der Waals surface area contributed by atoms with E-state index in [2.05, 4.69) is 0 Å². The smallest absolute Gasteiger partial charge is 0.311 e. The molecule has 0 N–H and O–H groups in total. The Morgan fingerprint density at radius 1 is 1.32 bits per heavy atom. The van der Waals surface area contributed by atoms with Crippen molar-refractivity contribution in [3.05, 3.63) is 24.3 Å². The first-order valence-electron chi connectivity index (χ1n) is 6.65. The Morgan fingerprint density at radius 2 is 1.95 bits per heavy atom. The van der Waals surface area contributed by atoms with Crippen LogP contribution < -0.4 is 9.47 Å². The first-order chi connectivity index (χ1) is 9.22. The summed E-state index contributed by atoms with van der Waals surface area (Å²) in [7, 11) is 0. The highest BCUT2D eigenvalue weighted by atomic mass is 16.5. The number of esters is 1. The third-order valence-electron chi connectivity index (χ3n) is 3.00. The molecule has 1 aromatic rings. The lowest BCUT2D eigenvalue weighted by atomic mass is 10.2. The summed E-state index contributed by atoms with van der Waals surface area (Å²) in [5.74, 6) is 1.25. The third kappa shape index (κ3) is 4.09. The summed E-state index contributed by atoms with van der Waals surface area (Å²) in [5.41, 5.74) is 0. The SMILES string of the molecule is CCCC(=O)Oc1ccc(OC(C=O)C2CC2)cc1. The molecule has 0 bridgehead atoms. The predicted molar refractivity (Wildman–Crippen MR) is 70.2 cm³/mol. The molecule has 102 valence electrons. The molecule has 4 nitrogen and oxygen atoms in total. The van der Waals surface area contributed by atoms with E-state index in [0.29, 0.717) is 23.8 Å². The van der Waals surface area contributed by atoms with Crippen LogP contribution in [0.4, 0.5) is 0 Å². The van der Waals surface area contributed by atoms with Gasteiger partial charge in [-0.3, -0.25) is 9.59 Å². The largest absolute Gasteiger partial charge is 0.483 e. The van der Waals surface area contributed by atoms with Gasteiger partial charge in [-0.25, -0.2) is 0 Å². The molecular formula is C15H18O4. The molecule has 1 saturated carbocycles. The molecule has 1 fully saturated rings. The van der Waals surface area contributed by atoms with E-state index in [0.717, 1.165) is 25.5 Å². The quantitative estimate of drug-likeness (QED) is 0.431. The van der Waals surface area contributed by atoms with E-state index >= 15 is 0 Å². The van der Waals surface area contributed by atoms with Crippen LogP contribution in [0.15, 0.2) is 24.3 Å². The van der Waals surface area contributed by atoms with Gasteiger partial charge in [-0.1, -0.05) is 6.92 Å². The number of benzene rings is 1. The van der Waals surface area contributed by atoms with Gasteiger partial charge in [0.05, 0.1) is 0 Å². The molecule has 1 atom stereocenters. The van der Waals surface area contributed by atoms with Crippen molar-refractivity contribution < 1.29 is 19.1 Å². The average Bonchev–Trinajstić information content (AvgIpc) is 3.22. The van der Waals surface area contributed by atoms with E-state index < -0.39 is 0 Å². The van der Waals surface area contributed by atoms with Crippen LogP contribution in [0.5, 0.6) is 11.5 Å². The van der Waals surface area contributed by atoms with E-state index in [1.165, 1.54) is 0 Å². The highest BCUT2D eigenvalue weighted by Crippen LogP contribution is 2.34. The molecule has 0 radical (unpaired) electrons. The van der Waals surface area contributed by atoms with Gasteiger partial charge in [-0.05, 0) is 43.5 Å². The Labute approximate surface area is 112 Å². The lowest BCUT2D eigenvalue weighted by Crippen LogP contribution is -2.20. The lowest BCUT2D eigenvalue weighted by molar-refractivity contribution is -0.134. The minimum Gasteiger partial charge on any atom is -0.483 e. The Morgan fingerprint density at radius 3 is 2.47 bits per heavy atom. The molecule has 1 aromatic carbocycles. The summed E-state index contributed by atoms with van der Waals surface area (Å²) in [5, 5.41) is 0. The van der Waals surface area contributed by atoms with Crippen LogP contribution in [-0.2, 0) is 9.59 Å². The van der Waals surface area contributed by atoms with Gasteiger partial charge in [0.2, 0.25) is 0 Å². The molecule has 4 heteroatoms. The monoisotopic (exact) mass is 262 g/mol. The summed E-state index contributed by atoms with van der Waals surface area (Å²) < 4.78 is 10.7. The van der Waals surface area contributed by atoms with Gasteiger partial charge in [0.1, 0.15) is 11.5 Å². The van der Waals surface area contributed by atoms with Crippen molar-refractivity contribution in [2.75, 3.05) is 0 Å². The number of carbonyl (C=O) groups excluding carboxylic acids is 2. The van der Waals surface area contributed by atoms with Crippen molar-refractivity contribution in [3.63, 3.8) is 0 Å². The highest BCUT2D eigenvalue weighted by molar-refractivity contribution is 5.72. The molecule has 1 aliphatic rings. The zero-order chi connectivity index (χ0) is 13.7. The van der Waals surface area contributed by atoms with E-state index in [-0.39, 0.29) is 12.1 Å². The molecule has 0 spiro atoms. The van der Waals surface area contributed by atoms with Crippen LogP contribution in [0, 0.1) is 5.92 Å². The van der Waals surface area contributed by atoms with Crippen LogP contribution in [0.3, 0.4) is 0 Å². The normalized spacial score (nSPS) is 15.6. The lowest BCUT2D eigenvalue weighted by Gasteiger charge is -2.12. The van der Waals surface area contributed by atoms with Crippen LogP contribution in [0.2, 0.25) is 0 Å². The van der Waals surface area contributed by atoms with Crippen LogP contribution in [0.1, 0.15) is 32.6 Å². The maximum Gasteiger partial charge on any atom is 0.311 e. The molecular weight excluding hydrogens is 244 g/mol. The van der Waals surface area contributed by atoms with Gasteiger partial charge in [-0.2, -0.15) is 0 Å². The number of rotatable bonds is 7. The summed E-state index contributed by atoms with van der Waals surface area (Å²) in [6, 6.07) is 6.79. The van der Waals surface area contributed by atoms with Crippen molar-refractivity contribution in [3.8, 4) is 11.5 Å². The van der Waals surface area contributed by atoms with Crippen molar-refractivity contribution >= 4 is 12.3 Å². The fourth-order valence-electron chi connectivity index (χ4n) is 1.79. The fourth-order valence-corrected chi connectivity index (χ4v) is 1.79. The maximum atomic E-state index is 11.3. The third-order valence-corrected chi connectivity index (χ3v) is 3.00. The molecule has 1 unspecified atom stereocenters. The second-order valence-electron chi connectivity index (χ2n) is 4.75. The molecule has 19 heavy (non-hydrogen) atoms. The number of aldehydes is 1. The maximum absolute atomic E-state index is 11.3. The molecule has 2 rings (SSSR count). The van der Waals surface area contributed by atoms with Gasteiger partial charge < -0.3 is 9.47 Å². The zero-order valence-corrected chi connectivity index (χ0v) is 11.0. The van der Waals surface area contributed by atoms with Crippen LogP contribution >= 0.6 is 0 Å².